The lowest BCUT2D eigenvalue weighted by molar-refractivity contribution is 0.0554. The number of rotatable bonds is 12. The fourth-order valence-corrected chi connectivity index (χ4v) is 11.5. The minimum absolute atomic E-state index is 0.0852. The number of carboxylic acid groups (broad SMARTS) is 3. The lowest BCUT2D eigenvalue weighted by atomic mass is 9.57. The fraction of sp³-hybridized carbons (Fsp3) is 0.800. The van der Waals surface area contributed by atoms with Crippen LogP contribution >= 0.6 is 0 Å². The van der Waals surface area contributed by atoms with E-state index in [4.69, 9.17) is 0 Å². The lowest BCUT2D eigenvalue weighted by Crippen LogP contribution is -2.64. The summed E-state index contributed by atoms with van der Waals surface area (Å²) in [5, 5.41) is 46.6. The van der Waals surface area contributed by atoms with Crippen LogP contribution in [0.4, 0.5) is 0 Å². The summed E-state index contributed by atoms with van der Waals surface area (Å²) in [5.74, 6) is -5.49. The van der Waals surface area contributed by atoms with Crippen LogP contribution in [0.5, 0.6) is 0 Å². The molecule has 0 spiro atoms. The molecule has 3 heterocycles. The second-order valence-electron chi connectivity index (χ2n) is 19.5. The Morgan fingerprint density at radius 2 is 0.667 bits per heavy atom. The molecule has 3 aliphatic rings. The molecule has 0 saturated carbocycles. The van der Waals surface area contributed by atoms with Crippen molar-refractivity contribution < 1.29 is 29.7 Å². The van der Waals surface area contributed by atoms with E-state index in [1.165, 1.54) is 0 Å². The van der Waals surface area contributed by atoms with Gasteiger partial charge >= 0.3 is 17.9 Å². The zero-order valence-corrected chi connectivity index (χ0v) is 36.4. The molecule has 3 aliphatic heterocycles. The second-order valence-corrected chi connectivity index (χ2v) is 19.5. The first-order chi connectivity index (χ1) is 24.8. The van der Waals surface area contributed by atoms with Gasteiger partial charge in [0.1, 0.15) is 0 Å². The van der Waals surface area contributed by atoms with Crippen LogP contribution in [0.2, 0.25) is 0 Å². The normalized spacial score (nSPS) is 41.4. The Bertz CT molecular complexity index is 1420. The van der Waals surface area contributed by atoms with Gasteiger partial charge in [-0.15, -0.1) is 0 Å². The topological polar surface area (TPSA) is 148 Å². The highest BCUT2D eigenvalue weighted by Gasteiger charge is 2.55. The highest BCUT2D eigenvalue weighted by atomic mass is 16.4. The van der Waals surface area contributed by atoms with E-state index >= 15 is 0 Å². The second kappa shape index (κ2) is 15.1. The van der Waals surface area contributed by atoms with Crippen LogP contribution in [0.25, 0.3) is 0 Å². The largest absolute Gasteiger partial charge is 0.478 e. The molecule has 12 unspecified atom stereocenters. The van der Waals surface area contributed by atoms with E-state index in [-0.39, 0.29) is 34.4 Å². The fourth-order valence-electron chi connectivity index (χ4n) is 11.5. The third-order valence-corrected chi connectivity index (χ3v) is 16.5. The Hall–Kier alpha value is -2.49. The Balaban J connectivity index is 2.37. The average molecular weight is 754 g/mol. The summed E-state index contributed by atoms with van der Waals surface area (Å²) in [5.41, 5.74) is -1.69. The van der Waals surface area contributed by atoms with Crippen molar-refractivity contribution in [3.05, 3.63) is 33.4 Å². The van der Waals surface area contributed by atoms with Gasteiger partial charge in [-0.1, -0.05) is 62.3 Å². The first kappa shape index (κ1) is 44.2. The van der Waals surface area contributed by atoms with Crippen LogP contribution in [-0.4, -0.2) is 66.5 Å². The molecule has 9 nitrogen and oxygen atoms in total. The third-order valence-electron chi connectivity index (χ3n) is 16.5. The monoisotopic (exact) mass is 754 g/mol. The molecule has 9 heteroatoms. The SMILES string of the molecule is CCC1(C)CC(c2c(C(=O)O)c(C3CC(C)(CC)NC(C)(CC)C3C)c(C(=O)O)c(C3CC(C)(CC)NC(C)(CC)C3C)c2C(=O)O)C(C)C(C)(CC)N1. The Labute approximate surface area is 326 Å². The van der Waals surface area contributed by atoms with Gasteiger partial charge in [0.2, 0.25) is 0 Å². The number of benzene rings is 1. The van der Waals surface area contributed by atoms with Gasteiger partial charge in [-0.3, -0.25) is 0 Å². The van der Waals surface area contributed by atoms with Crippen molar-refractivity contribution >= 4 is 17.9 Å². The molecule has 3 fully saturated rings. The van der Waals surface area contributed by atoms with Crippen LogP contribution in [0, 0.1) is 17.8 Å². The Morgan fingerprint density at radius 1 is 0.463 bits per heavy atom. The predicted octanol–water partition coefficient (Wildman–Crippen LogP) is 9.93. The highest BCUT2D eigenvalue weighted by molar-refractivity contribution is 6.06. The number of hydrogen-bond donors (Lipinski definition) is 6. The summed E-state index contributed by atoms with van der Waals surface area (Å²) in [6.07, 6.45) is 6.22. The summed E-state index contributed by atoms with van der Waals surface area (Å²) < 4.78 is 0. The van der Waals surface area contributed by atoms with Crippen LogP contribution < -0.4 is 16.0 Å². The molecule has 3 saturated heterocycles. The molecule has 6 N–H and O–H groups in total. The number of piperidine rings is 3. The first-order valence-corrected chi connectivity index (χ1v) is 21.1. The van der Waals surface area contributed by atoms with Gasteiger partial charge in [-0.05, 0) is 152 Å². The van der Waals surface area contributed by atoms with Gasteiger partial charge in [-0.2, -0.15) is 0 Å². The maximum absolute atomic E-state index is 14.2. The molecular weight excluding hydrogens is 679 g/mol. The van der Waals surface area contributed by atoms with Gasteiger partial charge < -0.3 is 31.3 Å². The van der Waals surface area contributed by atoms with E-state index in [1.54, 1.807) is 0 Å². The summed E-state index contributed by atoms with van der Waals surface area (Å²) in [7, 11) is 0. The van der Waals surface area contributed by atoms with E-state index in [0.717, 1.165) is 38.5 Å². The summed E-state index contributed by atoms with van der Waals surface area (Å²) in [6, 6.07) is 0. The van der Waals surface area contributed by atoms with E-state index < -0.39 is 68.9 Å². The lowest BCUT2D eigenvalue weighted by Gasteiger charge is -2.56. The minimum Gasteiger partial charge on any atom is -0.478 e. The molecule has 0 aromatic heterocycles. The van der Waals surface area contributed by atoms with Gasteiger partial charge in [-0.25, -0.2) is 14.4 Å². The van der Waals surface area contributed by atoms with Crippen molar-refractivity contribution in [1.29, 1.82) is 0 Å². The van der Waals surface area contributed by atoms with E-state index in [2.05, 4.69) is 120 Å². The van der Waals surface area contributed by atoms with Crippen molar-refractivity contribution in [2.24, 2.45) is 17.8 Å². The Kier molecular flexibility index (Phi) is 12.4. The number of hydrogen-bond acceptors (Lipinski definition) is 6. The molecule has 12 atom stereocenters. The van der Waals surface area contributed by atoms with E-state index in [0.29, 0.717) is 36.0 Å². The molecule has 0 bridgehead atoms. The molecule has 0 amide bonds. The molecular formula is C45H75N3O6. The molecule has 1 aromatic carbocycles. The van der Waals surface area contributed by atoms with Crippen LogP contribution in [0.1, 0.15) is 227 Å². The summed E-state index contributed by atoms with van der Waals surface area (Å²) in [6.45, 7) is 32.2. The number of carbonyl (C=O) groups is 3. The number of nitrogens with one attached hydrogen (secondary N) is 3. The number of aromatic carboxylic acids is 3. The quantitative estimate of drug-likeness (QED) is 0.123. The van der Waals surface area contributed by atoms with Crippen molar-refractivity contribution in [2.75, 3.05) is 0 Å². The maximum Gasteiger partial charge on any atom is 0.336 e. The standard InChI is InChI=1S/C45H75N3O6/c1-16-40(10)22-28(25(7)43(13,19-4)46-40)31-34(37(49)50)32(29-23-41(11,17-2)47-44(14,20-5)26(29)8)36(39(53)54)33(35(31)38(51)52)30-24-42(12,18-3)48-45(15,21-6)27(30)9/h25-30,46-48H,16-24H2,1-15H3,(H,49,50)(H,51,52)(H,53,54). The van der Waals surface area contributed by atoms with E-state index in [9.17, 15) is 29.7 Å². The van der Waals surface area contributed by atoms with Crippen LogP contribution in [0.3, 0.4) is 0 Å². The van der Waals surface area contributed by atoms with Crippen molar-refractivity contribution in [3.63, 3.8) is 0 Å². The van der Waals surface area contributed by atoms with Gasteiger partial charge in [0.05, 0.1) is 16.7 Å². The van der Waals surface area contributed by atoms with Crippen LogP contribution in [-0.2, 0) is 0 Å². The summed E-state index contributed by atoms with van der Waals surface area (Å²) in [4.78, 5) is 42.7. The van der Waals surface area contributed by atoms with Crippen molar-refractivity contribution in [3.8, 4) is 0 Å². The minimum atomic E-state index is -1.24. The molecule has 306 valence electrons. The predicted molar refractivity (Wildman–Crippen MR) is 218 cm³/mol. The van der Waals surface area contributed by atoms with Crippen LogP contribution in [0.15, 0.2) is 0 Å². The third kappa shape index (κ3) is 7.28. The zero-order valence-electron chi connectivity index (χ0n) is 36.4. The Morgan fingerprint density at radius 3 is 0.815 bits per heavy atom. The zero-order chi connectivity index (χ0) is 41.1. The van der Waals surface area contributed by atoms with Gasteiger partial charge in [0.15, 0.2) is 0 Å². The molecule has 4 rings (SSSR count). The summed E-state index contributed by atoms with van der Waals surface area (Å²) >= 11 is 0. The van der Waals surface area contributed by atoms with Gasteiger partial charge in [0, 0.05) is 33.2 Å². The first-order valence-electron chi connectivity index (χ1n) is 21.1. The molecule has 0 aliphatic carbocycles. The smallest absolute Gasteiger partial charge is 0.336 e. The number of carboxylic acids is 3. The maximum atomic E-state index is 14.2. The van der Waals surface area contributed by atoms with E-state index in [1.807, 2.05) is 0 Å². The molecule has 1 aromatic rings. The van der Waals surface area contributed by atoms with Crippen molar-refractivity contribution in [2.45, 2.75) is 213 Å². The van der Waals surface area contributed by atoms with Gasteiger partial charge in [0.25, 0.3) is 0 Å². The van der Waals surface area contributed by atoms with Crippen molar-refractivity contribution in [1.82, 2.24) is 16.0 Å². The molecule has 0 radical (unpaired) electrons. The average Bonchev–Trinajstić information content (AvgIpc) is 3.11. The molecule has 54 heavy (non-hydrogen) atoms. The highest BCUT2D eigenvalue weighted by Crippen LogP contribution is 2.56.